The Balaban J connectivity index is 1.50. The maximum Gasteiger partial charge on any atom is 0.162 e. The van der Waals surface area contributed by atoms with Gasteiger partial charge in [0.05, 0.1) is 7.11 Å². The fraction of sp³-hybridized carbons (Fsp3) is 0.222. The van der Waals surface area contributed by atoms with E-state index in [1.807, 2.05) is 60.7 Å². The maximum atomic E-state index is 12.2. The van der Waals surface area contributed by atoms with Crippen LogP contribution in [0.5, 0.6) is 11.5 Å². The minimum atomic E-state index is 0.144. The summed E-state index contributed by atoms with van der Waals surface area (Å²) in [6.45, 7) is 0.463. The van der Waals surface area contributed by atoms with Crippen molar-refractivity contribution >= 4 is 11.9 Å². The smallest absolute Gasteiger partial charge is 0.162 e. The molecular formula is C27H28O3. The molecule has 0 amide bonds. The number of benzene rings is 3. The second-order valence-corrected chi connectivity index (χ2v) is 7.18. The lowest BCUT2D eigenvalue weighted by Crippen LogP contribution is -1.98. The summed E-state index contributed by atoms with van der Waals surface area (Å²) < 4.78 is 11.3. The Morgan fingerprint density at radius 2 is 1.53 bits per heavy atom. The van der Waals surface area contributed by atoms with E-state index in [-0.39, 0.29) is 5.78 Å². The Labute approximate surface area is 179 Å². The Hall–Kier alpha value is -3.33. The molecule has 0 aliphatic carbocycles. The Bertz CT molecular complexity index is 946. The van der Waals surface area contributed by atoms with Gasteiger partial charge < -0.3 is 9.47 Å². The number of allylic oxidation sites excluding steroid dienone is 1. The van der Waals surface area contributed by atoms with Crippen molar-refractivity contribution in [2.45, 2.75) is 32.3 Å². The third-order valence-corrected chi connectivity index (χ3v) is 4.87. The zero-order valence-electron chi connectivity index (χ0n) is 17.4. The average molecular weight is 401 g/mol. The fourth-order valence-electron chi connectivity index (χ4n) is 3.19. The predicted molar refractivity (Wildman–Crippen MR) is 122 cm³/mol. The molecule has 0 aromatic heterocycles. The molecule has 0 N–H and O–H groups in total. The van der Waals surface area contributed by atoms with Crippen molar-refractivity contribution in [2.24, 2.45) is 0 Å². The molecule has 0 bridgehead atoms. The summed E-state index contributed by atoms with van der Waals surface area (Å²) in [5, 5.41) is 0. The lowest BCUT2D eigenvalue weighted by molar-refractivity contribution is -0.114. The van der Waals surface area contributed by atoms with Crippen molar-refractivity contribution in [2.75, 3.05) is 7.11 Å². The van der Waals surface area contributed by atoms with Crippen molar-refractivity contribution in [3.8, 4) is 11.5 Å². The van der Waals surface area contributed by atoms with E-state index in [4.69, 9.17) is 9.47 Å². The van der Waals surface area contributed by atoms with Crippen molar-refractivity contribution in [3.63, 3.8) is 0 Å². The molecule has 154 valence electrons. The van der Waals surface area contributed by atoms with E-state index in [1.165, 1.54) is 5.56 Å². The van der Waals surface area contributed by atoms with Gasteiger partial charge in [-0.3, -0.25) is 4.79 Å². The largest absolute Gasteiger partial charge is 0.493 e. The highest BCUT2D eigenvalue weighted by atomic mass is 16.5. The quantitative estimate of drug-likeness (QED) is 0.281. The normalized spacial score (nSPS) is 10.8. The van der Waals surface area contributed by atoms with E-state index in [0.29, 0.717) is 24.5 Å². The first kappa shape index (κ1) is 21.4. The van der Waals surface area contributed by atoms with Gasteiger partial charge in [0.2, 0.25) is 0 Å². The van der Waals surface area contributed by atoms with Gasteiger partial charge in [0.25, 0.3) is 0 Å². The van der Waals surface area contributed by atoms with Crippen LogP contribution in [0.25, 0.3) is 6.08 Å². The number of hydrogen-bond donors (Lipinski definition) is 0. The minimum Gasteiger partial charge on any atom is -0.493 e. The van der Waals surface area contributed by atoms with Crippen molar-refractivity contribution < 1.29 is 14.3 Å². The highest BCUT2D eigenvalue weighted by Gasteiger charge is 2.06. The van der Waals surface area contributed by atoms with Crippen LogP contribution in [0.3, 0.4) is 0 Å². The Morgan fingerprint density at radius 1 is 0.833 bits per heavy atom. The maximum absolute atomic E-state index is 12.2. The molecule has 3 heteroatoms. The van der Waals surface area contributed by atoms with Gasteiger partial charge in [-0.05, 0) is 54.2 Å². The summed E-state index contributed by atoms with van der Waals surface area (Å²) >= 11 is 0. The number of ketones is 1. The number of carbonyl (C=O) groups excluding carboxylic acids is 1. The highest BCUT2D eigenvalue weighted by Crippen LogP contribution is 2.29. The molecule has 3 nitrogen and oxygen atoms in total. The van der Waals surface area contributed by atoms with Crippen LogP contribution in [0.2, 0.25) is 0 Å². The van der Waals surface area contributed by atoms with E-state index >= 15 is 0 Å². The monoisotopic (exact) mass is 400 g/mol. The molecule has 0 saturated heterocycles. The van der Waals surface area contributed by atoms with Crippen molar-refractivity contribution in [1.82, 2.24) is 0 Å². The SMILES string of the molecule is COc1ccc(/C=C/C(=O)CCCCc2ccccc2)cc1OCc1ccccc1. The molecule has 3 rings (SSSR count). The number of hydrogen-bond acceptors (Lipinski definition) is 3. The van der Waals surface area contributed by atoms with Gasteiger partial charge in [0.15, 0.2) is 17.3 Å². The third-order valence-electron chi connectivity index (χ3n) is 4.87. The van der Waals surface area contributed by atoms with Crippen LogP contribution in [0.15, 0.2) is 84.9 Å². The van der Waals surface area contributed by atoms with Gasteiger partial charge in [-0.1, -0.05) is 72.8 Å². The fourth-order valence-corrected chi connectivity index (χ4v) is 3.19. The number of rotatable bonds is 11. The number of ether oxygens (including phenoxy) is 2. The topological polar surface area (TPSA) is 35.5 Å². The van der Waals surface area contributed by atoms with Crippen LogP contribution in [0.1, 0.15) is 36.0 Å². The zero-order chi connectivity index (χ0) is 21.0. The molecule has 0 aliphatic heterocycles. The van der Waals surface area contributed by atoms with Crippen LogP contribution in [0.4, 0.5) is 0 Å². The number of methoxy groups -OCH3 is 1. The van der Waals surface area contributed by atoms with E-state index < -0.39 is 0 Å². The van der Waals surface area contributed by atoms with Gasteiger partial charge in [0, 0.05) is 6.42 Å². The molecule has 3 aromatic carbocycles. The molecule has 0 saturated carbocycles. The predicted octanol–water partition coefficient (Wildman–Crippen LogP) is 6.27. The summed E-state index contributed by atoms with van der Waals surface area (Å²) in [4.78, 5) is 12.2. The standard InChI is InChI=1S/C27H28O3/c1-29-26-19-17-23(20-27(26)30-21-24-13-6-3-7-14-24)16-18-25(28)15-9-8-12-22-10-4-2-5-11-22/h2-7,10-11,13-14,16-20H,8-9,12,15,21H2,1H3/b18-16+. The molecule has 0 spiro atoms. The van der Waals surface area contributed by atoms with E-state index in [9.17, 15) is 4.79 Å². The minimum absolute atomic E-state index is 0.144. The van der Waals surface area contributed by atoms with E-state index in [0.717, 1.165) is 30.4 Å². The average Bonchev–Trinajstić information content (AvgIpc) is 2.80. The second kappa shape index (κ2) is 11.6. The molecule has 0 heterocycles. The van der Waals surface area contributed by atoms with Crippen molar-refractivity contribution in [1.29, 1.82) is 0 Å². The molecule has 0 fully saturated rings. The van der Waals surface area contributed by atoms with Gasteiger partial charge in [-0.15, -0.1) is 0 Å². The van der Waals surface area contributed by atoms with Crippen LogP contribution >= 0.6 is 0 Å². The molecule has 0 atom stereocenters. The van der Waals surface area contributed by atoms with Crippen molar-refractivity contribution in [3.05, 3.63) is 102 Å². The van der Waals surface area contributed by atoms with E-state index in [1.54, 1.807) is 13.2 Å². The molecule has 0 aliphatic rings. The molecule has 3 aromatic rings. The van der Waals surface area contributed by atoms with Gasteiger partial charge in [-0.2, -0.15) is 0 Å². The molecule has 0 radical (unpaired) electrons. The number of carbonyl (C=O) groups is 1. The van der Waals surface area contributed by atoms with Crippen LogP contribution < -0.4 is 9.47 Å². The summed E-state index contributed by atoms with van der Waals surface area (Å²) in [5.41, 5.74) is 3.32. The van der Waals surface area contributed by atoms with Crippen LogP contribution in [0, 0.1) is 0 Å². The molecule has 0 unspecified atom stereocenters. The first-order valence-corrected chi connectivity index (χ1v) is 10.3. The summed E-state index contributed by atoms with van der Waals surface area (Å²) in [6, 6.07) is 26.1. The molecular weight excluding hydrogens is 372 g/mol. The van der Waals surface area contributed by atoms with Crippen LogP contribution in [-0.2, 0) is 17.8 Å². The zero-order valence-corrected chi connectivity index (χ0v) is 17.4. The number of aryl methyl sites for hydroxylation is 1. The Morgan fingerprint density at radius 3 is 2.23 bits per heavy atom. The van der Waals surface area contributed by atoms with Gasteiger partial charge in [-0.25, -0.2) is 0 Å². The lowest BCUT2D eigenvalue weighted by Gasteiger charge is -2.11. The first-order chi connectivity index (χ1) is 14.7. The number of unbranched alkanes of at least 4 members (excludes halogenated alkanes) is 1. The highest BCUT2D eigenvalue weighted by molar-refractivity contribution is 5.93. The molecule has 30 heavy (non-hydrogen) atoms. The summed E-state index contributed by atoms with van der Waals surface area (Å²) in [5.74, 6) is 1.49. The second-order valence-electron chi connectivity index (χ2n) is 7.18. The Kier molecular flexibility index (Phi) is 8.28. The van der Waals surface area contributed by atoms with E-state index in [2.05, 4.69) is 24.3 Å². The third kappa shape index (κ3) is 6.93. The summed E-state index contributed by atoms with van der Waals surface area (Å²) in [6.07, 6.45) is 6.99. The van der Waals surface area contributed by atoms with Gasteiger partial charge in [0.1, 0.15) is 6.61 Å². The summed E-state index contributed by atoms with van der Waals surface area (Å²) in [7, 11) is 1.62. The van der Waals surface area contributed by atoms with Crippen LogP contribution in [-0.4, -0.2) is 12.9 Å². The lowest BCUT2D eigenvalue weighted by atomic mass is 10.1. The first-order valence-electron chi connectivity index (χ1n) is 10.3. The van der Waals surface area contributed by atoms with Gasteiger partial charge >= 0.3 is 0 Å².